The molecule has 2 N–H and O–H groups in total. The van der Waals surface area contributed by atoms with E-state index in [9.17, 15) is 4.79 Å². The lowest BCUT2D eigenvalue weighted by Crippen LogP contribution is -2.37. The number of carbonyl (C=O) groups is 1. The molecule has 19 heavy (non-hydrogen) atoms. The summed E-state index contributed by atoms with van der Waals surface area (Å²) in [5, 5.41) is 6.07. The van der Waals surface area contributed by atoms with E-state index in [1.54, 1.807) is 0 Å². The van der Waals surface area contributed by atoms with Crippen molar-refractivity contribution in [1.29, 1.82) is 0 Å². The van der Waals surface area contributed by atoms with E-state index in [2.05, 4.69) is 10.6 Å². The summed E-state index contributed by atoms with van der Waals surface area (Å²) in [7, 11) is 0. The van der Waals surface area contributed by atoms with E-state index in [-0.39, 0.29) is 5.91 Å². The minimum Gasteiger partial charge on any atom is -0.494 e. The highest BCUT2D eigenvalue weighted by atomic mass is 16.5. The molecule has 4 nitrogen and oxygen atoms in total. The Morgan fingerprint density at radius 3 is 2.84 bits per heavy atom. The second-order valence-corrected chi connectivity index (χ2v) is 4.60. The van der Waals surface area contributed by atoms with Gasteiger partial charge in [-0.05, 0) is 37.1 Å². The van der Waals surface area contributed by atoms with E-state index in [0.717, 1.165) is 30.0 Å². The summed E-state index contributed by atoms with van der Waals surface area (Å²) in [6, 6.07) is 7.79. The summed E-state index contributed by atoms with van der Waals surface area (Å²) in [4.78, 5) is 11.9. The Labute approximate surface area is 113 Å². The first-order valence-corrected chi connectivity index (χ1v) is 6.60. The third kappa shape index (κ3) is 3.58. The first-order valence-electron chi connectivity index (χ1n) is 6.60. The van der Waals surface area contributed by atoms with Crippen molar-refractivity contribution in [1.82, 2.24) is 10.6 Å². The average Bonchev–Trinajstić information content (AvgIpc) is 2.34. The highest BCUT2D eigenvalue weighted by molar-refractivity contribution is 5.93. The predicted octanol–water partition coefficient (Wildman–Crippen LogP) is 1.62. The summed E-state index contributed by atoms with van der Waals surface area (Å²) < 4.78 is 5.44. The first-order chi connectivity index (χ1) is 9.20. The zero-order valence-corrected chi connectivity index (χ0v) is 11.5. The van der Waals surface area contributed by atoms with Crippen molar-refractivity contribution < 1.29 is 9.53 Å². The fourth-order valence-electron chi connectivity index (χ4n) is 1.90. The molecule has 1 aliphatic rings. The van der Waals surface area contributed by atoms with Crippen LogP contribution in [0.2, 0.25) is 0 Å². The topological polar surface area (TPSA) is 50.4 Å². The van der Waals surface area contributed by atoms with Gasteiger partial charge in [0.15, 0.2) is 0 Å². The lowest BCUT2D eigenvalue weighted by atomic mass is 10.0. The van der Waals surface area contributed by atoms with Crippen molar-refractivity contribution in [2.45, 2.75) is 20.4 Å². The molecule has 0 bridgehead atoms. The van der Waals surface area contributed by atoms with Gasteiger partial charge in [-0.2, -0.15) is 0 Å². The number of nitrogens with one attached hydrogen (secondary N) is 2. The van der Waals surface area contributed by atoms with Gasteiger partial charge in [0, 0.05) is 25.2 Å². The third-order valence-electron chi connectivity index (χ3n) is 3.21. The smallest absolute Gasteiger partial charge is 0.247 e. The van der Waals surface area contributed by atoms with Crippen LogP contribution in [0.15, 0.2) is 35.4 Å². The Balaban J connectivity index is 1.91. The molecule has 0 radical (unpaired) electrons. The molecular formula is C15H20N2O2. The summed E-state index contributed by atoms with van der Waals surface area (Å²) in [5.41, 5.74) is 3.07. The van der Waals surface area contributed by atoms with E-state index in [4.69, 9.17) is 4.74 Å². The lowest BCUT2D eigenvalue weighted by Gasteiger charge is -2.21. The van der Waals surface area contributed by atoms with Crippen LogP contribution in [-0.4, -0.2) is 25.6 Å². The summed E-state index contributed by atoms with van der Waals surface area (Å²) in [6.07, 6.45) is 0. The lowest BCUT2D eigenvalue weighted by molar-refractivity contribution is -0.117. The quantitative estimate of drug-likeness (QED) is 0.791. The molecule has 0 atom stereocenters. The molecule has 1 aromatic carbocycles. The molecule has 1 aromatic rings. The SMILES string of the molecule is CCOc1cccc(CNC(=O)C(C)=C2CNC2)c1. The Hall–Kier alpha value is -1.81. The van der Waals surface area contributed by atoms with Crippen LogP contribution in [0, 0.1) is 0 Å². The first kappa shape index (κ1) is 13.6. The Kier molecular flexibility index (Phi) is 4.58. The largest absolute Gasteiger partial charge is 0.494 e. The summed E-state index contributed by atoms with van der Waals surface area (Å²) >= 11 is 0. The zero-order valence-electron chi connectivity index (χ0n) is 11.5. The van der Waals surface area contributed by atoms with Gasteiger partial charge in [0.05, 0.1) is 6.61 Å². The van der Waals surface area contributed by atoms with Gasteiger partial charge in [0.25, 0.3) is 0 Å². The number of hydrogen-bond donors (Lipinski definition) is 2. The zero-order chi connectivity index (χ0) is 13.7. The van der Waals surface area contributed by atoms with Crippen LogP contribution < -0.4 is 15.4 Å². The van der Waals surface area contributed by atoms with E-state index in [1.807, 2.05) is 38.1 Å². The number of carbonyl (C=O) groups excluding carboxylic acids is 1. The van der Waals surface area contributed by atoms with Crippen LogP contribution in [0.5, 0.6) is 5.75 Å². The van der Waals surface area contributed by atoms with Crippen molar-refractivity contribution in [3.05, 3.63) is 41.0 Å². The van der Waals surface area contributed by atoms with Gasteiger partial charge in [0.1, 0.15) is 5.75 Å². The fourth-order valence-corrected chi connectivity index (χ4v) is 1.90. The number of benzene rings is 1. The van der Waals surface area contributed by atoms with Crippen LogP contribution >= 0.6 is 0 Å². The molecule has 2 rings (SSSR count). The molecule has 1 saturated heterocycles. The molecule has 1 fully saturated rings. The average molecular weight is 260 g/mol. The van der Waals surface area contributed by atoms with Crippen LogP contribution in [0.1, 0.15) is 19.4 Å². The van der Waals surface area contributed by atoms with E-state index >= 15 is 0 Å². The van der Waals surface area contributed by atoms with Gasteiger partial charge in [0.2, 0.25) is 5.91 Å². The number of hydrogen-bond acceptors (Lipinski definition) is 3. The second kappa shape index (κ2) is 6.38. The maximum Gasteiger partial charge on any atom is 0.247 e. The molecule has 4 heteroatoms. The van der Waals surface area contributed by atoms with Crippen molar-refractivity contribution in [3.8, 4) is 5.75 Å². The molecule has 1 aliphatic heterocycles. The minimum absolute atomic E-state index is 0.0123. The van der Waals surface area contributed by atoms with Gasteiger partial charge in [-0.15, -0.1) is 0 Å². The van der Waals surface area contributed by atoms with Gasteiger partial charge in [-0.3, -0.25) is 4.79 Å². The standard InChI is InChI=1S/C15H20N2O2/c1-3-19-14-6-4-5-12(7-14)8-17-15(18)11(2)13-9-16-10-13/h4-7,16H,3,8-10H2,1-2H3,(H,17,18). The van der Waals surface area contributed by atoms with Gasteiger partial charge >= 0.3 is 0 Å². The summed E-state index contributed by atoms with van der Waals surface area (Å²) in [5.74, 6) is 0.853. The molecule has 0 aromatic heterocycles. The molecule has 1 amide bonds. The molecule has 102 valence electrons. The van der Waals surface area contributed by atoms with Crippen LogP contribution in [0.4, 0.5) is 0 Å². The van der Waals surface area contributed by atoms with E-state index in [0.29, 0.717) is 13.2 Å². The monoisotopic (exact) mass is 260 g/mol. The molecule has 0 unspecified atom stereocenters. The predicted molar refractivity (Wildman–Crippen MR) is 75.0 cm³/mol. The number of ether oxygens (including phenoxy) is 1. The Morgan fingerprint density at radius 1 is 1.42 bits per heavy atom. The van der Waals surface area contributed by atoms with Gasteiger partial charge < -0.3 is 15.4 Å². The van der Waals surface area contributed by atoms with Gasteiger partial charge in [-0.1, -0.05) is 12.1 Å². The van der Waals surface area contributed by atoms with Crippen LogP contribution in [0.25, 0.3) is 0 Å². The molecular weight excluding hydrogens is 240 g/mol. The second-order valence-electron chi connectivity index (χ2n) is 4.60. The Bertz CT molecular complexity index is 489. The molecule has 0 aliphatic carbocycles. The van der Waals surface area contributed by atoms with Gasteiger partial charge in [-0.25, -0.2) is 0 Å². The summed E-state index contributed by atoms with van der Waals surface area (Å²) in [6.45, 7) is 6.67. The highest BCUT2D eigenvalue weighted by Gasteiger charge is 2.15. The number of amides is 1. The normalized spacial score (nSPS) is 13.7. The van der Waals surface area contributed by atoms with E-state index < -0.39 is 0 Å². The van der Waals surface area contributed by atoms with Crippen molar-refractivity contribution >= 4 is 5.91 Å². The van der Waals surface area contributed by atoms with Crippen LogP contribution in [0.3, 0.4) is 0 Å². The number of rotatable bonds is 5. The molecule has 0 spiro atoms. The van der Waals surface area contributed by atoms with E-state index in [1.165, 1.54) is 5.57 Å². The molecule has 0 saturated carbocycles. The van der Waals surface area contributed by atoms with Crippen LogP contribution in [-0.2, 0) is 11.3 Å². The minimum atomic E-state index is 0.0123. The maximum absolute atomic E-state index is 11.9. The Morgan fingerprint density at radius 2 is 2.21 bits per heavy atom. The fraction of sp³-hybridized carbons (Fsp3) is 0.400. The highest BCUT2D eigenvalue weighted by Crippen LogP contribution is 2.13. The third-order valence-corrected chi connectivity index (χ3v) is 3.21. The van der Waals surface area contributed by atoms with Crippen molar-refractivity contribution in [3.63, 3.8) is 0 Å². The molecule has 1 heterocycles. The van der Waals surface area contributed by atoms with Crippen molar-refractivity contribution in [2.24, 2.45) is 0 Å². The maximum atomic E-state index is 11.9. The van der Waals surface area contributed by atoms with Crippen molar-refractivity contribution in [2.75, 3.05) is 19.7 Å².